The molecule has 0 spiro atoms. The largest absolute Gasteiger partial charge is 0.378 e. The quantitative estimate of drug-likeness (QED) is 0.459. The molecule has 0 radical (unpaired) electrons. The Morgan fingerprint density at radius 3 is 2.67 bits per heavy atom. The molecular formula is C7H13NO. The van der Waals surface area contributed by atoms with E-state index in [1.165, 1.54) is 0 Å². The van der Waals surface area contributed by atoms with Gasteiger partial charge in [0.15, 0.2) is 0 Å². The van der Waals surface area contributed by atoms with E-state index in [9.17, 15) is 0 Å². The van der Waals surface area contributed by atoms with Crippen molar-refractivity contribution in [2.24, 2.45) is 0 Å². The third-order valence-electron chi connectivity index (χ3n) is 1.23. The van der Waals surface area contributed by atoms with Gasteiger partial charge in [0.2, 0.25) is 0 Å². The molecule has 0 heterocycles. The summed E-state index contributed by atoms with van der Waals surface area (Å²) in [7, 11) is 0. The highest BCUT2D eigenvalue weighted by Crippen LogP contribution is 2.01. The van der Waals surface area contributed by atoms with Crippen LogP contribution in [0.3, 0.4) is 0 Å². The normalized spacial score (nSPS) is 12.6. The van der Waals surface area contributed by atoms with E-state index in [0.29, 0.717) is 6.42 Å². The molecule has 0 aliphatic heterocycles. The molecule has 0 rings (SSSR count). The summed E-state index contributed by atoms with van der Waals surface area (Å²) in [4.78, 5) is 0. The summed E-state index contributed by atoms with van der Waals surface area (Å²) < 4.78 is 0. The van der Waals surface area contributed by atoms with Gasteiger partial charge in [-0.05, 0) is 12.8 Å². The highest BCUT2D eigenvalue weighted by molar-refractivity contribution is 4.81. The van der Waals surface area contributed by atoms with Crippen molar-refractivity contribution in [3.63, 3.8) is 0 Å². The van der Waals surface area contributed by atoms with Crippen molar-refractivity contribution >= 4 is 0 Å². The summed E-state index contributed by atoms with van der Waals surface area (Å²) in [6, 6.07) is 1.78. The molecule has 0 saturated heterocycles. The van der Waals surface area contributed by atoms with E-state index in [-0.39, 0.29) is 0 Å². The molecule has 1 atom stereocenters. The third kappa shape index (κ3) is 5.32. The van der Waals surface area contributed by atoms with Gasteiger partial charge in [-0.15, -0.1) is 0 Å². The minimum Gasteiger partial charge on any atom is -0.378 e. The first-order valence-electron chi connectivity index (χ1n) is 3.39. The van der Waals surface area contributed by atoms with Crippen LogP contribution in [0.5, 0.6) is 0 Å². The van der Waals surface area contributed by atoms with Crippen LogP contribution >= 0.6 is 0 Å². The lowest BCUT2D eigenvalue weighted by Crippen LogP contribution is -2.00. The second-order valence-corrected chi connectivity index (χ2v) is 2.14. The summed E-state index contributed by atoms with van der Waals surface area (Å²) >= 11 is 0. The maximum absolute atomic E-state index is 8.72. The Bertz CT molecular complexity index is 95.6. The number of rotatable bonds is 4. The average Bonchev–Trinajstić information content (AvgIpc) is 1.89. The minimum absolute atomic E-state index is 0.629. The molecule has 0 aromatic heterocycles. The van der Waals surface area contributed by atoms with E-state index in [1.54, 1.807) is 6.07 Å². The lowest BCUT2D eigenvalue weighted by molar-refractivity contribution is 0.215. The van der Waals surface area contributed by atoms with Crippen LogP contribution in [0.25, 0.3) is 0 Å². The Hall–Kier alpha value is -0.550. The van der Waals surface area contributed by atoms with Crippen molar-refractivity contribution < 1.29 is 5.11 Å². The average molecular weight is 127 g/mol. The number of aliphatic hydroxyl groups is 1. The lowest BCUT2D eigenvalue weighted by Gasteiger charge is -1.97. The van der Waals surface area contributed by atoms with Crippen LogP contribution in [0.1, 0.15) is 32.6 Å². The van der Waals surface area contributed by atoms with Crippen molar-refractivity contribution in [1.29, 1.82) is 5.26 Å². The molecule has 0 unspecified atom stereocenters. The predicted octanol–water partition coefficient (Wildman–Crippen LogP) is 1.45. The van der Waals surface area contributed by atoms with Crippen LogP contribution in [0.2, 0.25) is 0 Å². The van der Waals surface area contributed by atoms with Crippen LogP contribution in [0, 0.1) is 11.3 Å². The maximum atomic E-state index is 8.72. The molecule has 0 amide bonds. The monoisotopic (exact) mass is 127 g/mol. The van der Waals surface area contributed by atoms with Gasteiger partial charge in [-0.3, -0.25) is 0 Å². The molecule has 52 valence electrons. The molecule has 0 fully saturated rings. The number of nitrogens with zero attached hydrogens (tertiary/aromatic N) is 1. The molecule has 0 aromatic rings. The van der Waals surface area contributed by atoms with Gasteiger partial charge in [-0.2, -0.15) is 5.26 Å². The highest BCUT2D eigenvalue weighted by atomic mass is 16.3. The number of unbranched alkanes of at least 4 members (excludes halogenated alkanes) is 2. The van der Waals surface area contributed by atoms with Crippen molar-refractivity contribution in [2.75, 3.05) is 0 Å². The second-order valence-electron chi connectivity index (χ2n) is 2.14. The highest BCUT2D eigenvalue weighted by Gasteiger charge is 1.98. The van der Waals surface area contributed by atoms with Gasteiger partial charge in [-0.1, -0.05) is 19.8 Å². The molecule has 9 heavy (non-hydrogen) atoms. The van der Waals surface area contributed by atoms with Crippen LogP contribution < -0.4 is 0 Å². The number of aliphatic hydroxyl groups excluding tert-OH is 1. The zero-order valence-corrected chi connectivity index (χ0v) is 5.80. The molecule has 0 saturated carbocycles. The molecule has 0 aromatic carbocycles. The van der Waals surface area contributed by atoms with Crippen molar-refractivity contribution in [1.82, 2.24) is 0 Å². The summed E-state index contributed by atoms with van der Waals surface area (Å²) in [6.07, 6.45) is 3.10. The molecule has 2 heteroatoms. The van der Waals surface area contributed by atoms with E-state index >= 15 is 0 Å². The number of nitriles is 1. The van der Waals surface area contributed by atoms with Crippen molar-refractivity contribution in [3.05, 3.63) is 0 Å². The van der Waals surface area contributed by atoms with Gasteiger partial charge in [-0.25, -0.2) is 0 Å². The zero-order chi connectivity index (χ0) is 7.11. The molecular weight excluding hydrogens is 114 g/mol. The smallest absolute Gasteiger partial charge is 0.140 e. The zero-order valence-electron chi connectivity index (χ0n) is 5.80. The van der Waals surface area contributed by atoms with Gasteiger partial charge >= 0.3 is 0 Å². The van der Waals surface area contributed by atoms with Gasteiger partial charge in [0, 0.05) is 0 Å². The van der Waals surface area contributed by atoms with Crippen molar-refractivity contribution in [3.8, 4) is 6.07 Å². The Kier molecular flexibility index (Phi) is 5.24. The fraction of sp³-hybridized carbons (Fsp3) is 0.857. The van der Waals surface area contributed by atoms with Crippen LogP contribution in [0.4, 0.5) is 0 Å². The maximum Gasteiger partial charge on any atom is 0.140 e. The van der Waals surface area contributed by atoms with Crippen LogP contribution in [-0.2, 0) is 0 Å². The van der Waals surface area contributed by atoms with Crippen molar-refractivity contribution in [2.45, 2.75) is 38.7 Å². The first-order valence-corrected chi connectivity index (χ1v) is 3.39. The van der Waals surface area contributed by atoms with E-state index < -0.39 is 6.10 Å². The summed E-state index contributed by atoms with van der Waals surface area (Å²) in [5.74, 6) is 0. The minimum atomic E-state index is -0.739. The lowest BCUT2D eigenvalue weighted by atomic mass is 10.1. The second kappa shape index (κ2) is 5.58. The molecule has 2 nitrogen and oxygen atoms in total. The Morgan fingerprint density at radius 2 is 2.22 bits per heavy atom. The van der Waals surface area contributed by atoms with E-state index in [1.807, 2.05) is 0 Å². The topological polar surface area (TPSA) is 44.0 Å². The van der Waals surface area contributed by atoms with Crippen LogP contribution in [0.15, 0.2) is 0 Å². The molecule has 0 aliphatic rings. The summed E-state index contributed by atoms with van der Waals surface area (Å²) in [6.45, 7) is 2.10. The van der Waals surface area contributed by atoms with Gasteiger partial charge in [0.25, 0.3) is 0 Å². The fourth-order valence-electron chi connectivity index (χ4n) is 0.652. The molecule has 0 bridgehead atoms. The first kappa shape index (κ1) is 8.45. The third-order valence-corrected chi connectivity index (χ3v) is 1.23. The van der Waals surface area contributed by atoms with Crippen LogP contribution in [-0.4, -0.2) is 11.2 Å². The predicted molar refractivity (Wildman–Crippen MR) is 35.8 cm³/mol. The molecule has 1 N–H and O–H groups in total. The molecule has 0 aliphatic carbocycles. The fourth-order valence-corrected chi connectivity index (χ4v) is 0.652. The van der Waals surface area contributed by atoms with E-state index in [4.69, 9.17) is 10.4 Å². The Balaban J connectivity index is 2.99. The summed E-state index contributed by atoms with van der Waals surface area (Å²) in [5.41, 5.74) is 0. The summed E-state index contributed by atoms with van der Waals surface area (Å²) in [5, 5.41) is 16.9. The number of hydrogen-bond acceptors (Lipinski definition) is 2. The standard InChI is InChI=1S/C7H13NO/c1-2-3-4-5-7(9)6-8/h7,9H,2-5H2,1H3/t7-/m0/s1. The SMILES string of the molecule is CCCCC[C@H](O)C#N. The Labute approximate surface area is 56.1 Å². The van der Waals surface area contributed by atoms with Gasteiger partial charge in [0.05, 0.1) is 6.07 Å². The van der Waals surface area contributed by atoms with Gasteiger partial charge < -0.3 is 5.11 Å². The number of hydrogen-bond donors (Lipinski definition) is 1. The first-order chi connectivity index (χ1) is 4.31. The Morgan fingerprint density at radius 1 is 1.56 bits per heavy atom. The van der Waals surface area contributed by atoms with E-state index in [0.717, 1.165) is 19.3 Å². The van der Waals surface area contributed by atoms with E-state index in [2.05, 4.69) is 6.92 Å². The van der Waals surface area contributed by atoms with Gasteiger partial charge in [0.1, 0.15) is 6.10 Å².